The second-order valence-corrected chi connectivity index (χ2v) is 8.45. The molecule has 0 saturated carbocycles. The molecule has 1 amide bonds. The van der Waals surface area contributed by atoms with Crippen molar-refractivity contribution in [1.29, 1.82) is 0 Å². The topological polar surface area (TPSA) is 76.6 Å². The number of amides is 1. The quantitative estimate of drug-likeness (QED) is 0.357. The monoisotopic (exact) mass is 496 g/mol. The molecule has 0 fully saturated rings. The van der Waals surface area contributed by atoms with E-state index in [-0.39, 0.29) is 17.5 Å². The number of benzene rings is 2. The van der Waals surface area contributed by atoms with Crippen LogP contribution < -0.4 is 5.32 Å². The number of hydrogen-bond acceptors (Lipinski definition) is 5. The normalized spacial score (nSPS) is 11.3. The third kappa shape index (κ3) is 3.91. The van der Waals surface area contributed by atoms with E-state index in [1.807, 2.05) is 34.7 Å². The summed E-state index contributed by atoms with van der Waals surface area (Å²) >= 11 is 4.71. The molecule has 0 spiro atoms. The summed E-state index contributed by atoms with van der Waals surface area (Å²) in [6, 6.07) is 15.5. The minimum atomic E-state index is -0.294. The van der Waals surface area contributed by atoms with Crippen LogP contribution in [0.1, 0.15) is 0 Å². The van der Waals surface area contributed by atoms with Crippen LogP contribution in [-0.4, -0.2) is 35.9 Å². The zero-order valence-corrected chi connectivity index (χ0v) is 18.3. The van der Waals surface area contributed by atoms with Crippen LogP contribution in [0.5, 0.6) is 0 Å². The molecule has 0 aliphatic carbocycles. The van der Waals surface area contributed by atoms with Gasteiger partial charge in [-0.2, -0.15) is 5.10 Å². The van der Waals surface area contributed by atoms with Gasteiger partial charge < -0.3 is 5.32 Å². The summed E-state index contributed by atoms with van der Waals surface area (Å²) < 4.78 is 17.6. The molecule has 0 aliphatic heterocycles. The van der Waals surface area contributed by atoms with Crippen LogP contribution in [0.3, 0.4) is 0 Å². The van der Waals surface area contributed by atoms with E-state index >= 15 is 0 Å². The summed E-state index contributed by atoms with van der Waals surface area (Å²) in [5.74, 6) is -0.247. The molecule has 0 atom stereocenters. The second kappa shape index (κ2) is 8.12. The molecule has 0 radical (unpaired) electrons. The zero-order chi connectivity index (χ0) is 21.4. The average Bonchev–Trinajstić information content (AvgIpc) is 3.38. The molecule has 7 nitrogen and oxygen atoms in total. The lowest BCUT2D eigenvalue weighted by Gasteiger charge is -2.06. The van der Waals surface area contributed by atoms with Crippen molar-refractivity contribution in [3.05, 3.63) is 77.3 Å². The SMILES string of the molecule is O=C(CSc1nnc2c3cc(-c4ccc(F)cc4)nn3ccn12)Nc1ccccc1Br. The minimum absolute atomic E-state index is 0.141. The Kier molecular flexibility index (Phi) is 5.16. The third-order valence-corrected chi connectivity index (χ3v) is 6.24. The van der Waals surface area contributed by atoms with E-state index in [2.05, 4.69) is 36.5 Å². The van der Waals surface area contributed by atoms with E-state index in [0.29, 0.717) is 22.2 Å². The van der Waals surface area contributed by atoms with Crippen molar-refractivity contribution in [1.82, 2.24) is 24.2 Å². The number of para-hydroxylation sites is 1. The lowest BCUT2D eigenvalue weighted by atomic mass is 10.1. The Morgan fingerprint density at radius 2 is 1.90 bits per heavy atom. The van der Waals surface area contributed by atoms with Gasteiger partial charge in [-0.15, -0.1) is 10.2 Å². The molecule has 0 bridgehead atoms. The zero-order valence-electron chi connectivity index (χ0n) is 15.9. The molecule has 2 aromatic carbocycles. The molecular formula is C21H14BrFN6OS. The van der Waals surface area contributed by atoms with Crippen LogP contribution in [0.2, 0.25) is 0 Å². The van der Waals surface area contributed by atoms with Crippen molar-refractivity contribution in [3.63, 3.8) is 0 Å². The van der Waals surface area contributed by atoms with Crippen LogP contribution in [0.4, 0.5) is 10.1 Å². The molecule has 0 unspecified atom stereocenters. The molecule has 3 heterocycles. The van der Waals surface area contributed by atoms with Crippen LogP contribution in [0, 0.1) is 5.82 Å². The fraction of sp³-hybridized carbons (Fsp3) is 0.0476. The first-order chi connectivity index (χ1) is 15.1. The summed E-state index contributed by atoms with van der Waals surface area (Å²) in [5, 5.41) is 16.5. The van der Waals surface area contributed by atoms with Gasteiger partial charge >= 0.3 is 0 Å². The number of carbonyl (C=O) groups excluding carboxylic acids is 1. The number of halogens is 2. The number of hydrogen-bond donors (Lipinski definition) is 1. The van der Waals surface area contributed by atoms with Gasteiger partial charge in [-0.05, 0) is 58.4 Å². The third-order valence-electron chi connectivity index (χ3n) is 4.61. The van der Waals surface area contributed by atoms with Gasteiger partial charge in [0.1, 0.15) is 11.3 Å². The molecule has 5 rings (SSSR count). The predicted octanol–water partition coefficient (Wildman–Crippen LogP) is 4.68. The highest BCUT2D eigenvalue weighted by molar-refractivity contribution is 9.10. The fourth-order valence-electron chi connectivity index (χ4n) is 3.13. The van der Waals surface area contributed by atoms with Crippen LogP contribution in [0.15, 0.2) is 76.6 Å². The Bertz CT molecular complexity index is 1410. The van der Waals surface area contributed by atoms with Gasteiger partial charge in [0.2, 0.25) is 5.91 Å². The highest BCUT2D eigenvalue weighted by Crippen LogP contribution is 2.25. The van der Waals surface area contributed by atoms with Gasteiger partial charge in [0, 0.05) is 22.4 Å². The van der Waals surface area contributed by atoms with Gasteiger partial charge in [0.25, 0.3) is 0 Å². The molecular weight excluding hydrogens is 483 g/mol. The van der Waals surface area contributed by atoms with Gasteiger partial charge in [-0.25, -0.2) is 8.91 Å². The van der Waals surface area contributed by atoms with E-state index in [9.17, 15) is 9.18 Å². The maximum atomic E-state index is 13.2. The van der Waals surface area contributed by atoms with Crippen LogP contribution in [0.25, 0.3) is 22.4 Å². The number of anilines is 1. The smallest absolute Gasteiger partial charge is 0.234 e. The molecule has 0 aliphatic rings. The summed E-state index contributed by atoms with van der Waals surface area (Å²) in [6.45, 7) is 0. The standard InChI is InChI=1S/C21H14BrFN6OS/c22-15-3-1-2-4-16(15)24-19(30)12-31-21-26-25-20-18-11-17(13-5-7-14(23)8-6-13)27-29(18)10-9-28(20)21/h1-11H,12H2,(H,24,30). The van der Waals surface area contributed by atoms with Gasteiger partial charge in [0.05, 0.1) is 17.1 Å². The molecule has 1 N–H and O–H groups in total. The largest absolute Gasteiger partial charge is 0.324 e. The minimum Gasteiger partial charge on any atom is -0.324 e. The van der Waals surface area contributed by atoms with Gasteiger partial charge in [-0.1, -0.05) is 23.9 Å². The number of aromatic nitrogens is 5. The van der Waals surface area contributed by atoms with Gasteiger partial charge in [0.15, 0.2) is 10.8 Å². The lowest BCUT2D eigenvalue weighted by molar-refractivity contribution is -0.113. The molecule has 154 valence electrons. The molecule has 0 saturated heterocycles. The Hall–Kier alpha value is -3.24. The number of thioether (sulfide) groups is 1. The van der Waals surface area contributed by atoms with Crippen molar-refractivity contribution in [2.45, 2.75) is 5.16 Å². The number of nitrogens with one attached hydrogen (secondary N) is 1. The lowest BCUT2D eigenvalue weighted by Crippen LogP contribution is -2.14. The highest BCUT2D eigenvalue weighted by atomic mass is 79.9. The molecule has 3 aromatic heterocycles. The van der Waals surface area contributed by atoms with E-state index in [4.69, 9.17) is 0 Å². The maximum absolute atomic E-state index is 13.2. The van der Waals surface area contributed by atoms with Crippen molar-refractivity contribution < 1.29 is 9.18 Å². The maximum Gasteiger partial charge on any atom is 0.234 e. The summed E-state index contributed by atoms with van der Waals surface area (Å²) in [4.78, 5) is 12.3. The molecule has 5 aromatic rings. The van der Waals surface area contributed by atoms with E-state index < -0.39 is 0 Å². The number of nitrogens with zero attached hydrogens (tertiary/aromatic N) is 5. The first-order valence-corrected chi connectivity index (χ1v) is 11.0. The molecule has 31 heavy (non-hydrogen) atoms. The fourth-order valence-corrected chi connectivity index (χ4v) is 4.23. The number of carbonyl (C=O) groups is 1. The highest BCUT2D eigenvalue weighted by Gasteiger charge is 2.14. The van der Waals surface area contributed by atoms with Crippen LogP contribution in [-0.2, 0) is 4.79 Å². The van der Waals surface area contributed by atoms with Crippen molar-refractivity contribution in [2.75, 3.05) is 11.1 Å². The first kappa shape index (κ1) is 19.7. The first-order valence-electron chi connectivity index (χ1n) is 9.25. The number of rotatable bonds is 5. The second-order valence-electron chi connectivity index (χ2n) is 6.66. The summed E-state index contributed by atoms with van der Waals surface area (Å²) in [6.07, 6.45) is 3.60. The predicted molar refractivity (Wildman–Crippen MR) is 121 cm³/mol. The molecule has 10 heteroatoms. The van der Waals surface area contributed by atoms with E-state index in [0.717, 1.165) is 15.6 Å². The summed E-state index contributed by atoms with van der Waals surface area (Å²) in [5.41, 5.74) is 3.61. The Balaban J connectivity index is 1.38. The van der Waals surface area contributed by atoms with E-state index in [1.54, 1.807) is 29.0 Å². The van der Waals surface area contributed by atoms with Crippen LogP contribution >= 0.6 is 27.7 Å². The number of fused-ring (bicyclic) bond motifs is 3. The van der Waals surface area contributed by atoms with Crippen molar-refractivity contribution in [2.24, 2.45) is 0 Å². The van der Waals surface area contributed by atoms with Crippen molar-refractivity contribution in [3.8, 4) is 11.3 Å². The Morgan fingerprint density at radius 1 is 1.10 bits per heavy atom. The van der Waals surface area contributed by atoms with Crippen molar-refractivity contribution >= 4 is 50.5 Å². The Morgan fingerprint density at radius 3 is 2.71 bits per heavy atom. The van der Waals surface area contributed by atoms with E-state index in [1.165, 1.54) is 23.9 Å². The Labute approximate surface area is 188 Å². The average molecular weight is 497 g/mol. The van der Waals surface area contributed by atoms with Gasteiger partial charge in [-0.3, -0.25) is 9.20 Å². The summed E-state index contributed by atoms with van der Waals surface area (Å²) in [7, 11) is 0.